The fourth-order valence-electron chi connectivity index (χ4n) is 2.84. The monoisotopic (exact) mass is 262 g/mol. The van der Waals surface area contributed by atoms with Gasteiger partial charge in [0.1, 0.15) is 5.75 Å². The number of hydrogen-bond acceptors (Lipinski definition) is 3. The summed E-state index contributed by atoms with van der Waals surface area (Å²) in [4.78, 5) is 12.6. The average Bonchev–Trinajstić information content (AvgIpc) is 2.42. The summed E-state index contributed by atoms with van der Waals surface area (Å²) < 4.78 is 5.28. The summed E-state index contributed by atoms with van der Waals surface area (Å²) in [5.41, 5.74) is 2.85. The zero-order valence-corrected chi connectivity index (χ0v) is 11.9. The summed E-state index contributed by atoms with van der Waals surface area (Å²) in [7, 11) is 1.64. The molecule has 0 aromatic heterocycles. The van der Waals surface area contributed by atoms with Crippen molar-refractivity contribution in [2.24, 2.45) is 5.92 Å². The molecule has 1 fully saturated rings. The topological polar surface area (TPSA) is 46.5 Å². The first-order valence-corrected chi connectivity index (χ1v) is 6.91. The van der Waals surface area contributed by atoms with Crippen molar-refractivity contribution in [3.05, 3.63) is 28.8 Å². The maximum absolute atomic E-state index is 12.6. The van der Waals surface area contributed by atoms with Crippen LogP contribution in [0.15, 0.2) is 12.1 Å². The number of carbonyl (C=O) groups is 1. The molecule has 0 unspecified atom stereocenters. The quantitative estimate of drug-likeness (QED) is 0.852. The van der Waals surface area contributed by atoms with E-state index in [-0.39, 0.29) is 17.8 Å². The third-order valence-corrected chi connectivity index (χ3v) is 4.29. The standard InChI is InChI=1S/C16H22O3/c1-10-11(2)15(19-3)9-8-14(10)16(18)12-4-6-13(17)7-5-12/h8-9,12-13,17H,4-7H2,1-3H3. The number of carbonyl (C=O) groups excluding carboxylic acids is 1. The van der Waals surface area contributed by atoms with Crippen LogP contribution in [-0.2, 0) is 0 Å². The summed E-state index contributed by atoms with van der Waals surface area (Å²) in [6.45, 7) is 3.96. The molecule has 1 N–H and O–H groups in total. The van der Waals surface area contributed by atoms with Crippen molar-refractivity contribution in [3.8, 4) is 5.75 Å². The van der Waals surface area contributed by atoms with Crippen LogP contribution in [0.1, 0.15) is 47.2 Å². The Hall–Kier alpha value is -1.35. The lowest BCUT2D eigenvalue weighted by Crippen LogP contribution is -2.25. The predicted octanol–water partition coefficient (Wildman–Crippen LogP) is 3.05. The lowest BCUT2D eigenvalue weighted by atomic mass is 9.81. The number of rotatable bonds is 3. The minimum absolute atomic E-state index is 0.0647. The van der Waals surface area contributed by atoms with Gasteiger partial charge < -0.3 is 9.84 Å². The van der Waals surface area contributed by atoms with E-state index in [1.165, 1.54) is 0 Å². The van der Waals surface area contributed by atoms with Crippen LogP contribution in [0.5, 0.6) is 5.75 Å². The molecule has 0 spiro atoms. The van der Waals surface area contributed by atoms with Crippen LogP contribution in [0.2, 0.25) is 0 Å². The Morgan fingerprint density at radius 2 is 1.79 bits per heavy atom. The summed E-state index contributed by atoms with van der Waals surface area (Å²) in [6, 6.07) is 3.74. The van der Waals surface area contributed by atoms with E-state index in [4.69, 9.17) is 4.74 Å². The van der Waals surface area contributed by atoms with Gasteiger partial charge in [-0.3, -0.25) is 4.79 Å². The Labute approximate surface area is 114 Å². The van der Waals surface area contributed by atoms with Crippen LogP contribution >= 0.6 is 0 Å². The number of ketones is 1. The Morgan fingerprint density at radius 3 is 2.37 bits per heavy atom. The highest BCUT2D eigenvalue weighted by atomic mass is 16.5. The van der Waals surface area contributed by atoms with Crippen LogP contribution in [0.25, 0.3) is 0 Å². The zero-order chi connectivity index (χ0) is 14.0. The van der Waals surface area contributed by atoms with Crippen molar-refractivity contribution in [2.45, 2.75) is 45.6 Å². The second kappa shape index (κ2) is 5.74. The van der Waals surface area contributed by atoms with Crippen LogP contribution in [-0.4, -0.2) is 24.1 Å². The first-order valence-electron chi connectivity index (χ1n) is 6.91. The minimum Gasteiger partial charge on any atom is -0.496 e. The Balaban J connectivity index is 2.22. The molecule has 3 heteroatoms. The van der Waals surface area contributed by atoms with Crippen molar-refractivity contribution in [2.75, 3.05) is 7.11 Å². The molecule has 1 aliphatic carbocycles. The van der Waals surface area contributed by atoms with Gasteiger partial charge in [0.15, 0.2) is 5.78 Å². The molecule has 0 amide bonds. The van der Waals surface area contributed by atoms with Gasteiger partial charge in [-0.05, 0) is 62.8 Å². The molecule has 0 aliphatic heterocycles. The van der Waals surface area contributed by atoms with Crippen LogP contribution < -0.4 is 4.74 Å². The molecular formula is C16H22O3. The normalized spacial score (nSPS) is 23.2. The second-order valence-electron chi connectivity index (χ2n) is 5.44. The van der Waals surface area contributed by atoms with Crippen LogP contribution in [0.3, 0.4) is 0 Å². The summed E-state index contributed by atoms with van der Waals surface area (Å²) in [6.07, 6.45) is 2.85. The van der Waals surface area contributed by atoms with Gasteiger partial charge in [-0.15, -0.1) is 0 Å². The number of aliphatic hydroxyl groups excluding tert-OH is 1. The molecule has 104 valence electrons. The van der Waals surface area contributed by atoms with E-state index in [2.05, 4.69) is 0 Å². The lowest BCUT2D eigenvalue weighted by Gasteiger charge is -2.25. The first kappa shape index (κ1) is 14.1. The Bertz CT molecular complexity index is 471. The predicted molar refractivity (Wildman–Crippen MR) is 74.8 cm³/mol. The van der Waals surface area contributed by atoms with Crippen LogP contribution in [0, 0.1) is 19.8 Å². The first-order chi connectivity index (χ1) is 9.04. The highest BCUT2D eigenvalue weighted by Gasteiger charge is 2.27. The maximum Gasteiger partial charge on any atom is 0.166 e. The largest absolute Gasteiger partial charge is 0.496 e. The average molecular weight is 262 g/mol. The summed E-state index contributed by atoms with van der Waals surface area (Å²) in [5.74, 6) is 1.11. The van der Waals surface area contributed by atoms with Crippen molar-refractivity contribution in [3.63, 3.8) is 0 Å². The molecule has 19 heavy (non-hydrogen) atoms. The van der Waals surface area contributed by atoms with Crippen molar-refractivity contribution >= 4 is 5.78 Å². The molecule has 1 aromatic rings. The van der Waals surface area contributed by atoms with Gasteiger partial charge in [0.25, 0.3) is 0 Å². The van der Waals surface area contributed by atoms with Gasteiger partial charge in [0.2, 0.25) is 0 Å². The second-order valence-corrected chi connectivity index (χ2v) is 5.44. The third kappa shape index (κ3) is 2.81. The van der Waals surface area contributed by atoms with Crippen molar-refractivity contribution in [1.82, 2.24) is 0 Å². The number of aliphatic hydroxyl groups is 1. The maximum atomic E-state index is 12.6. The van der Waals surface area contributed by atoms with E-state index < -0.39 is 0 Å². The molecule has 0 heterocycles. The van der Waals surface area contributed by atoms with Crippen molar-refractivity contribution in [1.29, 1.82) is 0 Å². The van der Waals surface area contributed by atoms with Crippen LogP contribution in [0.4, 0.5) is 0 Å². The van der Waals surface area contributed by atoms with Gasteiger partial charge in [-0.25, -0.2) is 0 Å². The molecule has 0 bridgehead atoms. The number of methoxy groups -OCH3 is 1. The molecule has 1 aliphatic rings. The molecular weight excluding hydrogens is 240 g/mol. The van der Waals surface area contributed by atoms with Gasteiger partial charge in [0, 0.05) is 11.5 Å². The number of benzene rings is 1. The summed E-state index contributed by atoms with van der Waals surface area (Å²) >= 11 is 0. The Morgan fingerprint density at radius 1 is 1.16 bits per heavy atom. The van der Waals surface area contributed by atoms with E-state index in [1.807, 2.05) is 26.0 Å². The summed E-state index contributed by atoms with van der Waals surface area (Å²) in [5, 5.41) is 9.52. The van der Waals surface area contributed by atoms with E-state index in [9.17, 15) is 9.90 Å². The Kier molecular flexibility index (Phi) is 4.25. The molecule has 0 saturated heterocycles. The van der Waals surface area contributed by atoms with E-state index >= 15 is 0 Å². The van der Waals surface area contributed by atoms with Gasteiger partial charge in [0.05, 0.1) is 13.2 Å². The van der Waals surface area contributed by atoms with Crippen molar-refractivity contribution < 1.29 is 14.6 Å². The van der Waals surface area contributed by atoms with E-state index in [0.717, 1.165) is 48.1 Å². The molecule has 2 rings (SSSR count). The van der Waals surface area contributed by atoms with E-state index in [0.29, 0.717) is 0 Å². The molecule has 3 nitrogen and oxygen atoms in total. The lowest BCUT2D eigenvalue weighted by molar-refractivity contribution is 0.0764. The molecule has 0 atom stereocenters. The third-order valence-electron chi connectivity index (χ3n) is 4.29. The number of hydrogen-bond donors (Lipinski definition) is 1. The smallest absolute Gasteiger partial charge is 0.166 e. The van der Waals surface area contributed by atoms with Gasteiger partial charge >= 0.3 is 0 Å². The highest BCUT2D eigenvalue weighted by Crippen LogP contribution is 2.31. The fraction of sp³-hybridized carbons (Fsp3) is 0.562. The van der Waals surface area contributed by atoms with E-state index in [1.54, 1.807) is 7.11 Å². The van der Waals surface area contributed by atoms with Gasteiger partial charge in [-0.2, -0.15) is 0 Å². The molecule has 1 saturated carbocycles. The number of ether oxygens (including phenoxy) is 1. The number of Topliss-reactive ketones (excluding diaryl/α,β-unsaturated/α-hetero) is 1. The molecule has 0 radical (unpaired) electrons. The SMILES string of the molecule is COc1ccc(C(=O)C2CCC(O)CC2)c(C)c1C. The van der Waals surface area contributed by atoms with Gasteiger partial charge in [-0.1, -0.05) is 0 Å². The molecule has 1 aromatic carbocycles. The fourth-order valence-corrected chi connectivity index (χ4v) is 2.84. The minimum atomic E-state index is -0.220. The zero-order valence-electron chi connectivity index (χ0n) is 11.9. The highest BCUT2D eigenvalue weighted by molar-refractivity contribution is 5.99.